The van der Waals surface area contributed by atoms with Gasteiger partial charge in [-0.15, -0.1) is 0 Å². The number of amides is 1. The van der Waals surface area contributed by atoms with Gasteiger partial charge in [0, 0.05) is 37.9 Å². The third kappa shape index (κ3) is 4.31. The van der Waals surface area contributed by atoms with E-state index in [-0.39, 0.29) is 18.3 Å². The molecule has 5 rings (SSSR count). The van der Waals surface area contributed by atoms with Crippen LogP contribution in [0, 0.1) is 6.92 Å². The molecule has 0 radical (unpaired) electrons. The Bertz CT molecular complexity index is 1140. The molecule has 33 heavy (non-hydrogen) atoms. The van der Waals surface area contributed by atoms with Crippen molar-refractivity contribution >= 4 is 27.4 Å². The van der Waals surface area contributed by atoms with Crippen LogP contribution in [-0.2, 0) is 10.0 Å². The van der Waals surface area contributed by atoms with E-state index < -0.39 is 16.1 Å². The maximum absolute atomic E-state index is 13.0. The summed E-state index contributed by atoms with van der Waals surface area (Å²) < 4.78 is 26.0. The number of anilines is 2. The highest BCUT2D eigenvalue weighted by Crippen LogP contribution is 2.40. The lowest BCUT2D eigenvalue weighted by Gasteiger charge is -2.36. The molecule has 1 aromatic heterocycles. The number of sulfonamides is 1. The van der Waals surface area contributed by atoms with Crippen LogP contribution >= 0.6 is 0 Å². The summed E-state index contributed by atoms with van der Waals surface area (Å²) >= 11 is 0. The molecule has 9 heteroatoms. The maximum atomic E-state index is 13.0. The summed E-state index contributed by atoms with van der Waals surface area (Å²) in [7, 11) is -3.43. The molecule has 3 aliphatic rings. The minimum Gasteiger partial charge on any atom is -0.394 e. The predicted molar refractivity (Wildman–Crippen MR) is 127 cm³/mol. The number of aliphatic hydroxyl groups is 1. The third-order valence-electron chi connectivity index (χ3n) is 6.91. The average Bonchev–Trinajstić information content (AvgIpc) is 3.62. The molecule has 2 aromatic rings. The molecule has 3 fully saturated rings. The number of aliphatic hydroxyl groups excluding tert-OH is 1. The number of benzene rings is 1. The lowest BCUT2D eigenvalue weighted by Crippen LogP contribution is -2.49. The number of carbonyl (C=O) groups excluding carboxylic acids is 1. The number of carbonyl (C=O) groups is 1. The lowest BCUT2D eigenvalue weighted by atomic mass is 10.1. The number of pyridine rings is 1. The molecule has 1 atom stereocenters. The minimum absolute atomic E-state index is 0.0286. The van der Waals surface area contributed by atoms with Crippen molar-refractivity contribution in [1.82, 2.24) is 9.88 Å². The van der Waals surface area contributed by atoms with E-state index in [1.54, 1.807) is 24.3 Å². The van der Waals surface area contributed by atoms with E-state index in [0.717, 1.165) is 18.9 Å². The summed E-state index contributed by atoms with van der Waals surface area (Å²) in [5.41, 5.74) is 3.55. The first-order valence-electron chi connectivity index (χ1n) is 11.6. The van der Waals surface area contributed by atoms with Crippen molar-refractivity contribution in [1.29, 1.82) is 0 Å². The van der Waals surface area contributed by atoms with Crippen molar-refractivity contribution in [3.63, 3.8) is 0 Å². The lowest BCUT2D eigenvalue weighted by molar-refractivity contribution is 0.0746. The van der Waals surface area contributed by atoms with Gasteiger partial charge in [-0.2, -0.15) is 0 Å². The Balaban J connectivity index is 1.23. The molecule has 1 aromatic carbocycles. The van der Waals surface area contributed by atoms with Crippen LogP contribution in [0.1, 0.15) is 46.7 Å². The summed E-state index contributed by atoms with van der Waals surface area (Å²) in [6.07, 6.45) is 4.93. The summed E-state index contributed by atoms with van der Waals surface area (Å²) in [6.45, 7) is 4.56. The topological polar surface area (TPSA) is 94.1 Å². The smallest absolute Gasteiger partial charge is 0.253 e. The molecule has 176 valence electrons. The Morgan fingerprint density at radius 1 is 1.09 bits per heavy atom. The number of hydrogen-bond acceptors (Lipinski definition) is 6. The number of piperazine rings is 1. The molecular weight excluding hydrogens is 440 g/mol. The van der Waals surface area contributed by atoms with Crippen LogP contribution in [0.15, 0.2) is 36.5 Å². The summed E-state index contributed by atoms with van der Waals surface area (Å²) in [5, 5.41) is 9.53. The van der Waals surface area contributed by atoms with Crippen molar-refractivity contribution in [2.45, 2.75) is 38.1 Å². The summed E-state index contributed by atoms with van der Waals surface area (Å²) in [4.78, 5) is 21.8. The second-order valence-electron chi connectivity index (χ2n) is 9.25. The molecule has 2 saturated heterocycles. The van der Waals surface area contributed by atoms with Gasteiger partial charge in [0.2, 0.25) is 10.0 Å². The van der Waals surface area contributed by atoms with Crippen molar-refractivity contribution in [2.24, 2.45) is 0 Å². The molecule has 0 bridgehead atoms. The maximum Gasteiger partial charge on any atom is 0.253 e. The van der Waals surface area contributed by atoms with Gasteiger partial charge >= 0.3 is 0 Å². The highest BCUT2D eigenvalue weighted by atomic mass is 32.2. The highest BCUT2D eigenvalue weighted by molar-refractivity contribution is 7.93. The number of hydrogen-bond donors (Lipinski definition) is 1. The van der Waals surface area contributed by atoms with Gasteiger partial charge in [0.15, 0.2) is 0 Å². The van der Waals surface area contributed by atoms with Gasteiger partial charge in [0.1, 0.15) is 5.82 Å². The average molecular weight is 471 g/mol. The molecule has 1 N–H and O–H groups in total. The van der Waals surface area contributed by atoms with E-state index >= 15 is 0 Å². The standard InChI is InChI=1S/C24H30N4O4S/c1-17-14-20(18-2-3-18)15-25-23(17)26-9-11-27(12-10-26)24(30)19-4-6-21(7-5-19)28-22(16-29)8-13-33(28,31)32/h4-7,14-15,18,22,29H,2-3,8-13,16H2,1H3/t22-/m0/s1. The fourth-order valence-corrected chi connectivity index (χ4v) is 6.72. The first kappa shape index (κ1) is 22.2. The van der Waals surface area contributed by atoms with Gasteiger partial charge in [-0.05, 0) is 67.5 Å². The van der Waals surface area contributed by atoms with Crippen LogP contribution < -0.4 is 9.21 Å². The van der Waals surface area contributed by atoms with E-state index in [1.165, 1.54) is 28.3 Å². The van der Waals surface area contributed by atoms with Gasteiger partial charge in [-0.1, -0.05) is 6.07 Å². The molecular formula is C24H30N4O4S. The molecule has 0 spiro atoms. The molecule has 1 aliphatic carbocycles. The molecule has 1 saturated carbocycles. The predicted octanol–water partition coefficient (Wildman–Crippen LogP) is 2.13. The van der Waals surface area contributed by atoms with Gasteiger partial charge in [0.05, 0.1) is 24.1 Å². The normalized spacial score (nSPS) is 22.6. The molecule has 0 unspecified atom stereocenters. The van der Waals surface area contributed by atoms with Crippen LogP contribution in [0.25, 0.3) is 0 Å². The second kappa shape index (κ2) is 8.61. The number of rotatable bonds is 5. The molecule has 2 aliphatic heterocycles. The van der Waals surface area contributed by atoms with Crippen LogP contribution in [0.5, 0.6) is 0 Å². The first-order chi connectivity index (χ1) is 15.9. The zero-order valence-corrected chi connectivity index (χ0v) is 19.7. The SMILES string of the molecule is Cc1cc(C2CC2)cnc1N1CCN(C(=O)c2ccc(N3[C@H](CO)CCS3(=O)=O)cc2)CC1. The van der Waals surface area contributed by atoms with Gasteiger partial charge in [0.25, 0.3) is 5.91 Å². The Hall–Kier alpha value is -2.65. The zero-order valence-electron chi connectivity index (χ0n) is 18.9. The Kier molecular flexibility index (Phi) is 5.78. The zero-order chi connectivity index (χ0) is 23.2. The van der Waals surface area contributed by atoms with Crippen LogP contribution in [0.3, 0.4) is 0 Å². The van der Waals surface area contributed by atoms with Gasteiger partial charge in [-0.3, -0.25) is 9.10 Å². The molecule has 1 amide bonds. The van der Waals surface area contributed by atoms with E-state index in [2.05, 4.69) is 17.9 Å². The van der Waals surface area contributed by atoms with Crippen LogP contribution in [0.4, 0.5) is 11.5 Å². The van der Waals surface area contributed by atoms with Crippen LogP contribution in [0.2, 0.25) is 0 Å². The third-order valence-corrected chi connectivity index (χ3v) is 8.77. The second-order valence-corrected chi connectivity index (χ2v) is 11.2. The fourth-order valence-electron chi connectivity index (χ4n) is 4.88. The van der Waals surface area contributed by atoms with Crippen molar-refractivity contribution < 1.29 is 18.3 Å². The summed E-state index contributed by atoms with van der Waals surface area (Å²) in [6, 6.07) is 8.47. The van der Waals surface area contributed by atoms with E-state index in [4.69, 9.17) is 4.98 Å². The largest absolute Gasteiger partial charge is 0.394 e. The van der Waals surface area contributed by atoms with Crippen molar-refractivity contribution in [3.05, 3.63) is 53.2 Å². The van der Waals surface area contributed by atoms with Crippen molar-refractivity contribution in [2.75, 3.05) is 47.7 Å². The van der Waals surface area contributed by atoms with E-state index in [1.807, 2.05) is 11.1 Å². The minimum atomic E-state index is -3.43. The molecule has 8 nitrogen and oxygen atoms in total. The monoisotopic (exact) mass is 470 g/mol. The molecule has 3 heterocycles. The number of aryl methyl sites for hydroxylation is 1. The Morgan fingerprint density at radius 2 is 1.79 bits per heavy atom. The highest BCUT2D eigenvalue weighted by Gasteiger charge is 2.37. The van der Waals surface area contributed by atoms with E-state index in [9.17, 15) is 18.3 Å². The number of nitrogens with zero attached hydrogens (tertiary/aromatic N) is 4. The van der Waals surface area contributed by atoms with Gasteiger partial charge in [-0.25, -0.2) is 13.4 Å². The Labute approximate surface area is 194 Å². The van der Waals surface area contributed by atoms with Crippen molar-refractivity contribution in [3.8, 4) is 0 Å². The fraction of sp³-hybridized carbons (Fsp3) is 0.500. The Morgan fingerprint density at radius 3 is 2.39 bits per heavy atom. The quantitative estimate of drug-likeness (QED) is 0.720. The summed E-state index contributed by atoms with van der Waals surface area (Å²) in [5.74, 6) is 1.66. The van der Waals surface area contributed by atoms with E-state index in [0.29, 0.717) is 36.7 Å². The van der Waals surface area contributed by atoms with Gasteiger partial charge < -0.3 is 14.9 Å². The van der Waals surface area contributed by atoms with Crippen LogP contribution in [-0.4, -0.2) is 73.9 Å². The first-order valence-corrected chi connectivity index (χ1v) is 13.2. The number of aromatic nitrogens is 1.